The highest BCUT2D eigenvalue weighted by Gasteiger charge is 2.24. The Bertz CT molecular complexity index is 817. The third kappa shape index (κ3) is 3.16. The number of hydrogen-bond donors (Lipinski definition) is 1. The number of nitrogens with zero attached hydrogens (tertiary/aromatic N) is 2. The maximum Gasteiger partial charge on any atom is 0.306 e. The number of hydrogen-bond acceptors (Lipinski definition) is 6. The molecule has 2 rings (SSSR count). The monoisotopic (exact) mass is 331 g/mol. The Morgan fingerprint density at radius 3 is 2.57 bits per heavy atom. The predicted octanol–water partition coefficient (Wildman–Crippen LogP) is 2.61. The third-order valence-electron chi connectivity index (χ3n) is 2.56. The molecule has 0 fully saturated rings. The molecule has 2 aromatic rings. The zero-order valence-corrected chi connectivity index (χ0v) is 12.6. The van der Waals surface area contributed by atoms with Crippen molar-refractivity contribution in [3.05, 3.63) is 44.7 Å². The number of rotatable bonds is 4. The van der Waals surface area contributed by atoms with Gasteiger partial charge in [-0.1, -0.05) is 0 Å². The summed E-state index contributed by atoms with van der Waals surface area (Å²) in [6, 6.07) is 1.72. The summed E-state index contributed by atoms with van der Waals surface area (Å²) >= 11 is 1.12. The van der Waals surface area contributed by atoms with Gasteiger partial charge in [0.15, 0.2) is 5.13 Å². The average Bonchev–Trinajstić information content (AvgIpc) is 2.76. The molecule has 0 bridgehead atoms. The summed E-state index contributed by atoms with van der Waals surface area (Å²) in [4.78, 5) is 14.0. The van der Waals surface area contributed by atoms with E-state index in [9.17, 15) is 22.9 Å². The number of nitrogens with one attached hydrogen (secondary N) is 1. The van der Waals surface area contributed by atoms with Gasteiger partial charge in [-0.25, -0.2) is 13.4 Å². The number of benzene rings is 1. The van der Waals surface area contributed by atoms with Crippen LogP contribution in [0.3, 0.4) is 0 Å². The zero-order valence-electron chi connectivity index (χ0n) is 11.0. The number of aryl methyl sites for hydroxylation is 2. The first-order valence-electron chi connectivity index (χ1n) is 5.60. The summed E-state index contributed by atoms with van der Waals surface area (Å²) in [5, 5.41) is 10.9. The summed E-state index contributed by atoms with van der Waals surface area (Å²) in [6.45, 7) is 3.01. The number of halogens is 1. The van der Waals surface area contributed by atoms with Crippen LogP contribution < -0.4 is 4.72 Å². The third-order valence-corrected chi connectivity index (χ3v) is 4.83. The Morgan fingerprint density at radius 1 is 1.38 bits per heavy atom. The summed E-state index contributed by atoms with van der Waals surface area (Å²) in [5.74, 6) is -1.05. The molecule has 7 nitrogen and oxygen atoms in total. The second-order valence-electron chi connectivity index (χ2n) is 4.21. The first-order chi connectivity index (χ1) is 9.70. The van der Waals surface area contributed by atoms with Gasteiger partial charge in [0.2, 0.25) is 5.82 Å². The van der Waals surface area contributed by atoms with E-state index in [0.717, 1.165) is 22.3 Å². The van der Waals surface area contributed by atoms with Gasteiger partial charge in [-0.3, -0.25) is 14.8 Å². The molecule has 21 heavy (non-hydrogen) atoms. The fourth-order valence-corrected chi connectivity index (χ4v) is 3.59. The van der Waals surface area contributed by atoms with Gasteiger partial charge in [0.25, 0.3) is 10.0 Å². The quantitative estimate of drug-likeness (QED) is 0.685. The van der Waals surface area contributed by atoms with E-state index in [1.807, 2.05) is 0 Å². The molecule has 0 aliphatic heterocycles. The molecular weight excluding hydrogens is 321 g/mol. The lowest BCUT2D eigenvalue weighted by atomic mass is 10.2. The number of thiazole rings is 1. The molecule has 0 aliphatic rings. The van der Waals surface area contributed by atoms with Gasteiger partial charge in [-0.05, 0) is 25.5 Å². The standard InChI is InChI=1S/C11H10FN3O4S2/c1-6-3-8(4-9(10(6)12)15(16)17)21(18,19)14-11-13-5-7(2)20-11/h3-5H,1-2H3,(H,13,14). The zero-order chi connectivity index (χ0) is 15.8. The van der Waals surface area contributed by atoms with E-state index in [4.69, 9.17) is 0 Å². The van der Waals surface area contributed by atoms with Crippen molar-refractivity contribution >= 4 is 32.2 Å². The molecule has 0 saturated heterocycles. The van der Waals surface area contributed by atoms with Crippen molar-refractivity contribution in [3.63, 3.8) is 0 Å². The Morgan fingerprint density at radius 2 is 2.05 bits per heavy atom. The van der Waals surface area contributed by atoms with Crippen LogP contribution in [0.1, 0.15) is 10.4 Å². The molecule has 0 amide bonds. The highest BCUT2D eigenvalue weighted by atomic mass is 32.2. The lowest BCUT2D eigenvalue weighted by molar-refractivity contribution is -0.387. The van der Waals surface area contributed by atoms with Crippen LogP contribution in [-0.2, 0) is 10.0 Å². The highest BCUT2D eigenvalue weighted by Crippen LogP contribution is 2.27. The fraction of sp³-hybridized carbons (Fsp3) is 0.182. The number of aromatic nitrogens is 1. The van der Waals surface area contributed by atoms with Crippen LogP contribution in [-0.4, -0.2) is 18.3 Å². The van der Waals surface area contributed by atoms with E-state index in [1.165, 1.54) is 13.1 Å². The normalized spacial score (nSPS) is 11.4. The lowest BCUT2D eigenvalue weighted by Crippen LogP contribution is -2.13. The largest absolute Gasteiger partial charge is 0.306 e. The number of sulfonamides is 1. The molecule has 0 spiro atoms. The molecule has 1 aromatic heterocycles. The van der Waals surface area contributed by atoms with Gasteiger partial charge in [0, 0.05) is 17.1 Å². The van der Waals surface area contributed by atoms with Crippen molar-refractivity contribution in [3.8, 4) is 0 Å². The van der Waals surface area contributed by atoms with Crippen molar-refractivity contribution < 1.29 is 17.7 Å². The maximum atomic E-state index is 13.6. The molecule has 0 aliphatic carbocycles. The summed E-state index contributed by atoms with van der Waals surface area (Å²) < 4.78 is 40.1. The molecule has 1 aromatic carbocycles. The molecule has 112 valence electrons. The first-order valence-corrected chi connectivity index (χ1v) is 7.90. The molecule has 10 heteroatoms. The Balaban J connectivity index is 2.47. The fourth-order valence-electron chi connectivity index (χ4n) is 1.58. The van der Waals surface area contributed by atoms with E-state index in [-0.39, 0.29) is 15.6 Å². The van der Waals surface area contributed by atoms with Crippen LogP contribution in [0.15, 0.2) is 23.2 Å². The van der Waals surface area contributed by atoms with Crippen LogP contribution in [0.2, 0.25) is 0 Å². The van der Waals surface area contributed by atoms with Gasteiger partial charge in [0.05, 0.1) is 9.82 Å². The molecule has 1 N–H and O–H groups in total. The second-order valence-corrected chi connectivity index (χ2v) is 7.13. The number of nitro benzene ring substituents is 1. The highest BCUT2D eigenvalue weighted by molar-refractivity contribution is 7.93. The van der Waals surface area contributed by atoms with Gasteiger partial charge >= 0.3 is 5.69 Å². The van der Waals surface area contributed by atoms with E-state index < -0.39 is 26.5 Å². The Kier molecular flexibility index (Phi) is 3.92. The minimum absolute atomic E-state index is 0.125. The smallest absolute Gasteiger partial charge is 0.258 e. The second kappa shape index (κ2) is 5.37. The first kappa shape index (κ1) is 15.3. The summed E-state index contributed by atoms with van der Waals surface area (Å²) in [5.41, 5.74) is -1.01. The van der Waals surface area contributed by atoms with E-state index in [1.54, 1.807) is 6.92 Å². The number of anilines is 1. The summed E-state index contributed by atoms with van der Waals surface area (Å²) in [7, 11) is -4.07. The van der Waals surface area contributed by atoms with Crippen LogP contribution >= 0.6 is 11.3 Å². The van der Waals surface area contributed by atoms with E-state index in [0.29, 0.717) is 6.07 Å². The predicted molar refractivity (Wildman–Crippen MR) is 75.5 cm³/mol. The van der Waals surface area contributed by atoms with Crippen LogP contribution in [0.25, 0.3) is 0 Å². The van der Waals surface area contributed by atoms with Gasteiger partial charge in [-0.15, -0.1) is 11.3 Å². The Hall–Kier alpha value is -2.07. The average molecular weight is 331 g/mol. The molecule has 0 radical (unpaired) electrons. The molecule has 0 saturated carbocycles. The van der Waals surface area contributed by atoms with E-state index >= 15 is 0 Å². The van der Waals surface area contributed by atoms with Gasteiger partial charge in [-0.2, -0.15) is 4.39 Å². The maximum absolute atomic E-state index is 13.6. The molecular formula is C11H10FN3O4S2. The molecule has 0 atom stereocenters. The van der Waals surface area contributed by atoms with Gasteiger partial charge < -0.3 is 0 Å². The van der Waals surface area contributed by atoms with Crippen molar-refractivity contribution in [2.75, 3.05) is 4.72 Å². The minimum Gasteiger partial charge on any atom is -0.258 e. The van der Waals surface area contributed by atoms with Gasteiger partial charge in [0.1, 0.15) is 0 Å². The van der Waals surface area contributed by atoms with Crippen molar-refractivity contribution in [1.82, 2.24) is 4.98 Å². The summed E-state index contributed by atoms with van der Waals surface area (Å²) in [6.07, 6.45) is 1.49. The van der Waals surface area contributed by atoms with Crippen molar-refractivity contribution in [2.24, 2.45) is 0 Å². The molecule has 1 heterocycles. The van der Waals surface area contributed by atoms with Crippen LogP contribution in [0.5, 0.6) is 0 Å². The van der Waals surface area contributed by atoms with Crippen LogP contribution in [0.4, 0.5) is 15.2 Å². The van der Waals surface area contributed by atoms with Crippen molar-refractivity contribution in [2.45, 2.75) is 18.7 Å². The number of nitro groups is 1. The van der Waals surface area contributed by atoms with Crippen LogP contribution in [0, 0.1) is 29.8 Å². The Labute approximate surface area is 123 Å². The SMILES string of the molecule is Cc1cnc(NS(=O)(=O)c2cc(C)c(F)c([N+](=O)[O-])c2)s1. The van der Waals surface area contributed by atoms with E-state index in [2.05, 4.69) is 9.71 Å². The topological polar surface area (TPSA) is 102 Å². The minimum atomic E-state index is -4.07. The lowest BCUT2D eigenvalue weighted by Gasteiger charge is -2.07. The molecule has 0 unspecified atom stereocenters. The van der Waals surface area contributed by atoms with Crippen molar-refractivity contribution in [1.29, 1.82) is 0 Å².